The third-order valence-electron chi connectivity index (χ3n) is 3.68. The molecule has 1 aromatic rings. The van der Waals surface area contributed by atoms with Gasteiger partial charge >= 0.3 is 11.7 Å². The number of carbonyl (C=O) groups excluding carboxylic acids is 1. The van der Waals surface area contributed by atoms with Crippen LogP contribution in [0.25, 0.3) is 0 Å². The summed E-state index contributed by atoms with van der Waals surface area (Å²) in [5, 5.41) is 0. The Labute approximate surface area is 132 Å². The van der Waals surface area contributed by atoms with Crippen molar-refractivity contribution in [3.63, 3.8) is 0 Å². The number of esters is 1. The van der Waals surface area contributed by atoms with Gasteiger partial charge in [0.1, 0.15) is 0 Å². The molecule has 1 aromatic heterocycles. The van der Waals surface area contributed by atoms with Crippen LogP contribution in [-0.2, 0) is 19.6 Å². The van der Waals surface area contributed by atoms with Crippen molar-refractivity contribution in [3.05, 3.63) is 26.5 Å². The summed E-state index contributed by atoms with van der Waals surface area (Å²) in [6.07, 6.45) is 1.02. The Bertz CT molecular complexity index is 810. The van der Waals surface area contributed by atoms with Crippen LogP contribution in [-0.4, -0.2) is 48.4 Å². The maximum atomic E-state index is 12.7. The molecule has 1 aliphatic rings. The highest BCUT2D eigenvalue weighted by molar-refractivity contribution is 7.89. The van der Waals surface area contributed by atoms with Gasteiger partial charge in [0.25, 0.3) is 5.56 Å². The molecule has 1 aliphatic heterocycles. The first-order chi connectivity index (χ1) is 10.8. The quantitative estimate of drug-likeness (QED) is 0.697. The third-order valence-corrected chi connectivity index (χ3v) is 5.70. The Balaban J connectivity index is 2.35. The van der Waals surface area contributed by atoms with Crippen LogP contribution in [0.4, 0.5) is 0 Å². The molecule has 2 heterocycles. The molecular weight excluding hydrogens is 326 g/mol. The number of nitrogens with one attached hydrogen (secondary N) is 2. The molecule has 0 bridgehead atoms. The molecule has 0 aromatic carbocycles. The Morgan fingerprint density at radius 2 is 2.04 bits per heavy atom. The Morgan fingerprint density at radius 1 is 1.35 bits per heavy atom. The molecule has 9 nitrogen and oxygen atoms in total. The molecular formula is C13H19N3O6S. The van der Waals surface area contributed by atoms with E-state index in [1.54, 1.807) is 6.92 Å². The summed E-state index contributed by atoms with van der Waals surface area (Å²) in [7, 11) is -4.11. The van der Waals surface area contributed by atoms with Crippen LogP contribution in [0, 0.1) is 12.8 Å². The van der Waals surface area contributed by atoms with Gasteiger partial charge in [-0.3, -0.25) is 14.6 Å². The Kier molecular flexibility index (Phi) is 5.05. The number of rotatable bonds is 4. The number of sulfonamides is 1. The second-order valence-corrected chi connectivity index (χ2v) is 7.19. The molecule has 2 N–H and O–H groups in total. The van der Waals surface area contributed by atoms with E-state index < -0.39 is 38.1 Å². The number of piperidine rings is 1. The molecule has 10 heteroatoms. The summed E-state index contributed by atoms with van der Waals surface area (Å²) in [5.74, 6) is -1.000. The first-order valence-electron chi connectivity index (χ1n) is 7.27. The third kappa shape index (κ3) is 3.53. The average molecular weight is 345 g/mol. The minimum atomic E-state index is -4.11. The second kappa shape index (κ2) is 6.67. The number of nitrogens with zero attached hydrogens (tertiary/aromatic N) is 1. The summed E-state index contributed by atoms with van der Waals surface area (Å²) in [6, 6.07) is 0. The Morgan fingerprint density at radius 3 is 2.65 bits per heavy atom. The van der Waals surface area contributed by atoms with E-state index in [9.17, 15) is 22.8 Å². The van der Waals surface area contributed by atoms with Gasteiger partial charge in [0.15, 0.2) is 4.90 Å². The summed E-state index contributed by atoms with van der Waals surface area (Å²) < 4.78 is 31.4. The summed E-state index contributed by atoms with van der Waals surface area (Å²) in [4.78, 5) is 38.6. The first kappa shape index (κ1) is 17.4. The van der Waals surface area contributed by atoms with Gasteiger partial charge in [-0.1, -0.05) is 0 Å². The average Bonchev–Trinajstić information content (AvgIpc) is 2.46. The number of aryl methyl sites for hydroxylation is 1. The van der Waals surface area contributed by atoms with Crippen LogP contribution in [0.3, 0.4) is 0 Å². The smallest absolute Gasteiger partial charge is 0.325 e. The van der Waals surface area contributed by atoms with Crippen molar-refractivity contribution in [2.24, 2.45) is 5.92 Å². The number of carbonyl (C=O) groups is 1. The van der Waals surface area contributed by atoms with E-state index in [0.717, 1.165) is 4.31 Å². The van der Waals surface area contributed by atoms with Crippen molar-refractivity contribution in [1.82, 2.24) is 14.3 Å². The molecule has 0 spiro atoms. The fourth-order valence-electron chi connectivity index (χ4n) is 2.64. The minimum Gasteiger partial charge on any atom is -0.466 e. The van der Waals surface area contributed by atoms with Gasteiger partial charge in [-0.2, -0.15) is 4.31 Å². The number of H-pyrrole nitrogens is 2. The predicted octanol–water partition coefficient (Wildman–Crippen LogP) is -0.665. The maximum absolute atomic E-state index is 12.7. The number of aromatic amines is 2. The fraction of sp³-hybridized carbons (Fsp3) is 0.615. The predicted molar refractivity (Wildman–Crippen MR) is 80.5 cm³/mol. The van der Waals surface area contributed by atoms with E-state index in [4.69, 9.17) is 4.74 Å². The van der Waals surface area contributed by atoms with Gasteiger partial charge in [-0.25, -0.2) is 13.2 Å². The molecule has 0 unspecified atom stereocenters. The van der Waals surface area contributed by atoms with Crippen LogP contribution in [0.1, 0.15) is 25.5 Å². The lowest BCUT2D eigenvalue weighted by atomic mass is 10.0. The number of hydrogen-bond acceptors (Lipinski definition) is 6. The zero-order chi connectivity index (χ0) is 17.2. The molecule has 23 heavy (non-hydrogen) atoms. The van der Waals surface area contributed by atoms with Crippen LogP contribution in [0.5, 0.6) is 0 Å². The van der Waals surface area contributed by atoms with E-state index in [2.05, 4.69) is 4.98 Å². The van der Waals surface area contributed by atoms with E-state index in [0.29, 0.717) is 12.8 Å². The van der Waals surface area contributed by atoms with Gasteiger partial charge in [0.2, 0.25) is 10.0 Å². The fourth-order valence-corrected chi connectivity index (χ4v) is 4.37. The van der Waals surface area contributed by atoms with Gasteiger partial charge in [-0.15, -0.1) is 0 Å². The molecule has 0 radical (unpaired) electrons. The minimum absolute atomic E-state index is 0.0305. The van der Waals surface area contributed by atoms with Gasteiger partial charge in [0, 0.05) is 18.8 Å². The monoisotopic (exact) mass is 345 g/mol. The lowest BCUT2D eigenvalue weighted by molar-refractivity contribution is -0.149. The number of aromatic nitrogens is 2. The molecule has 1 atom stereocenters. The summed E-state index contributed by atoms with van der Waals surface area (Å²) >= 11 is 0. The largest absolute Gasteiger partial charge is 0.466 e. The molecule has 1 saturated heterocycles. The van der Waals surface area contributed by atoms with Crippen molar-refractivity contribution in [3.8, 4) is 0 Å². The molecule has 0 saturated carbocycles. The topological polar surface area (TPSA) is 129 Å². The summed E-state index contributed by atoms with van der Waals surface area (Å²) in [6.45, 7) is 3.41. The first-order valence-corrected chi connectivity index (χ1v) is 8.71. The van der Waals surface area contributed by atoms with E-state index >= 15 is 0 Å². The zero-order valence-corrected chi connectivity index (χ0v) is 13.7. The van der Waals surface area contributed by atoms with Crippen molar-refractivity contribution in [2.75, 3.05) is 19.7 Å². The summed E-state index contributed by atoms with van der Waals surface area (Å²) in [5.41, 5.74) is -1.77. The normalized spacial score (nSPS) is 19.5. The maximum Gasteiger partial charge on any atom is 0.325 e. The molecule has 0 amide bonds. The number of ether oxygens (including phenoxy) is 1. The SMILES string of the molecule is CCOC(=O)[C@H]1CCCN(S(=O)(=O)c2c(C)[nH]c(=O)[nH]c2=O)C1. The molecule has 2 rings (SSSR count). The van der Waals surface area contributed by atoms with Gasteiger partial charge in [0.05, 0.1) is 12.5 Å². The standard InChI is InChI=1S/C13H19N3O6S/c1-3-22-12(18)9-5-4-6-16(7-9)23(20,21)10-8(2)14-13(19)15-11(10)17/h9H,3-7H2,1-2H3,(H2,14,15,17,19)/t9-/m0/s1. The second-order valence-electron chi connectivity index (χ2n) is 5.32. The van der Waals surface area contributed by atoms with Gasteiger partial charge < -0.3 is 9.72 Å². The van der Waals surface area contributed by atoms with Crippen molar-refractivity contribution >= 4 is 16.0 Å². The molecule has 128 valence electrons. The number of hydrogen-bond donors (Lipinski definition) is 2. The lowest BCUT2D eigenvalue weighted by Crippen LogP contribution is -2.45. The zero-order valence-electron chi connectivity index (χ0n) is 12.9. The highest BCUT2D eigenvalue weighted by Gasteiger charge is 2.36. The highest BCUT2D eigenvalue weighted by Crippen LogP contribution is 2.23. The van der Waals surface area contributed by atoms with Crippen molar-refractivity contribution < 1.29 is 17.9 Å². The van der Waals surface area contributed by atoms with Crippen LogP contribution in [0.2, 0.25) is 0 Å². The van der Waals surface area contributed by atoms with Crippen molar-refractivity contribution in [2.45, 2.75) is 31.6 Å². The lowest BCUT2D eigenvalue weighted by Gasteiger charge is -2.30. The van der Waals surface area contributed by atoms with Crippen LogP contribution >= 0.6 is 0 Å². The van der Waals surface area contributed by atoms with Crippen molar-refractivity contribution in [1.29, 1.82) is 0 Å². The Hall–Kier alpha value is -1.94. The van der Waals surface area contributed by atoms with Gasteiger partial charge in [-0.05, 0) is 26.7 Å². The van der Waals surface area contributed by atoms with E-state index in [1.165, 1.54) is 6.92 Å². The highest BCUT2D eigenvalue weighted by atomic mass is 32.2. The van der Waals surface area contributed by atoms with Crippen LogP contribution in [0.15, 0.2) is 14.5 Å². The van der Waals surface area contributed by atoms with E-state index in [-0.39, 0.29) is 25.4 Å². The van der Waals surface area contributed by atoms with E-state index in [1.807, 2.05) is 4.98 Å². The molecule has 0 aliphatic carbocycles. The molecule has 1 fully saturated rings. The van der Waals surface area contributed by atoms with Crippen LogP contribution < -0.4 is 11.2 Å².